The second-order valence-corrected chi connectivity index (χ2v) is 3.46. The number of fused-ring (bicyclic) bond motifs is 1. The first-order valence-electron chi connectivity index (χ1n) is 4.63. The summed E-state index contributed by atoms with van der Waals surface area (Å²) in [4.78, 5) is 15.1. The topological polar surface area (TPSA) is 96.4 Å². The van der Waals surface area contributed by atoms with Gasteiger partial charge in [0, 0.05) is 0 Å². The first-order valence-corrected chi connectivity index (χ1v) is 4.63. The molecule has 0 unspecified atom stereocenters. The lowest BCUT2D eigenvalue weighted by molar-refractivity contribution is 0.0697. The average molecular weight is 218 g/mol. The minimum Gasteiger partial charge on any atom is -0.507 e. The van der Waals surface area contributed by atoms with Crippen LogP contribution in [0.3, 0.4) is 0 Å². The van der Waals surface area contributed by atoms with Gasteiger partial charge in [-0.25, -0.2) is 4.79 Å². The number of pyridine rings is 1. The van der Waals surface area contributed by atoms with Gasteiger partial charge in [0.2, 0.25) is 0 Å². The van der Waals surface area contributed by atoms with E-state index >= 15 is 0 Å². The largest absolute Gasteiger partial charge is 0.507 e. The number of aromatic carboxylic acids is 1. The summed E-state index contributed by atoms with van der Waals surface area (Å²) in [5.74, 6) is -1.21. The van der Waals surface area contributed by atoms with Crippen LogP contribution in [0.1, 0.15) is 16.1 Å². The lowest BCUT2D eigenvalue weighted by atomic mass is 10.1. The molecule has 16 heavy (non-hydrogen) atoms. The number of hydrogen-bond donors (Lipinski definition) is 3. The molecule has 4 N–H and O–H groups in total. The number of carboxylic acid groups (broad SMARTS) is 1. The molecule has 0 spiro atoms. The van der Waals surface area contributed by atoms with Crippen molar-refractivity contribution in [3.63, 3.8) is 0 Å². The zero-order valence-corrected chi connectivity index (χ0v) is 8.56. The third-order valence-electron chi connectivity index (χ3n) is 2.42. The molecule has 1 aromatic heterocycles. The SMILES string of the molecule is Cc1nc2cccc(O)c2c(N)c1C(=O)O. The van der Waals surface area contributed by atoms with E-state index in [0.717, 1.165) is 0 Å². The van der Waals surface area contributed by atoms with Gasteiger partial charge in [-0.3, -0.25) is 4.98 Å². The highest BCUT2D eigenvalue weighted by Gasteiger charge is 2.17. The number of carbonyl (C=O) groups is 1. The number of rotatable bonds is 1. The van der Waals surface area contributed by atoms with Gasteiger partial charge in [-0.15, -0.1) is 0 Å². The van der Waals surface area contributed by atoms with Crippen molar-refractivity contribution in [2.45, 2.75) is 6.92 Å². The minimum atomic E-state index is -1.15. The van der Waals surface area contributed by atoms with Crippen LogP contribution in [0, 0.1) is 6.92 Å². The Kier molecular flexibility index (Phi) is 2.16. The maximum atomic E-state index is 11.0. The summed E-state index contributed by atoms with van der Waals surface area (Å²) < 4.78 is 0. The molecule has 82 valence electrons. The van der Waals surface area contributed by atoms with Crippen LogP contribution in [0.5, 0.6) is 5.75 Å². The molecule has 0 radical (unpaired) electrons. The van der Waals surface area contributed by atoms with Crippen LogP contribution in [-0.2, 0) is 0 Å². The van der Waals surface area contributed by atoms with E-state index in [1.165, 1.54) is 6.07 Å². The first-order chi connectivity index (χ1) is 7.52. The molecule has 0 aliphatic rings. The Labute approximate surface area is 91.2 Å². The van der Waals surface area contributed by atoms with Gasteiger partial charge in [-0.1, -0.05) is 6.07 Å². The molecule has 5 nitrogen and oxygen atoms in total. The van der Waals surface area contributed by atoms with Gasteiger partial charge >= 0.3 is 5.97 Å². The average Bonchev–Trinajstić information content (AvgIpc) is 2.15. The second kappa shape index (κ2) is 3.37. The monoisotopic (exact) mass is 218 g/mol. The van der Waals surface area contributed by atoms with Crippen molar-refractivity contribution in [1.29, 1.82) is 0 Å². The Morgan fingerprint density at radius 3 is 2.75 bits per heavy atom. The highest BCUT2D eigenvalue weighted by atomic mass is 16.4. The summed E-state index contributed by atoms with van der Waals surface area (Å²) >= 11 is 0. The molecule has 0 aliphatic heterocycles. The van der Waals surface area contributed by atoms with Gasteiger partial charge in [0.25, 0.3) is 0 Å². The number of nitrogens with two attached hydrogens (primary N) is 1. The van der Waals surface area contributed by atoms with Crippen molar-refractivity contribution < 1.29 is 15.0 Å². The van der Waals surface area contributed by atoms with Gasteiger partial charge in [-0.05, 0) is 19.1 Å². The number of hydrogen-bond acceptors (Lipinski definition) is 4. The van der Waals surface area contributed by atoms with Gasteiger partial charge in [0.15, 0.2) is 0 Å². The fourth-order valence-electron chi connectivity index (χ4n) is 1.72. The summed E-state index contributed by atoms with van der Waals surface area (Å²) in [6, 6.07) is 4.75. The van der Waals surface area contributed by atoms with Crippen LogP contribution in [0.2, 0.25) is 0 Å². The van der Waals surface area contributed by atoms with Crippen LogP contribution in [-0.4, -0.2) is 21.2 Å². The van der Waals surface area contributed by atoms with E-state index in [9.17, 15) is 9.90 Å². The van der Waals surface area contributed by atoms with Crippen LogP contribution in [0.25, 0.3) is 10.9 Å². The van der Waals surface area contributed by atoms with Gasteiger partial charge in [-0.2, -0.15) is 0 Å². The summed E-state index contributed by atoms with van der Waals surface area (Å²) in [7, 11) is 0. The van der Waals surface area contributed by atoms with Crippen LogP contribution in [0.15, 0.2) is 18.2 Å². The van der Waals surface area contributed by atoms with Crippen molar-refractivity contribution >= 4 is 22.6 Å². The summed E-state index contributed by atoms with van der Waals surface area (Å²) in [6.07, 6.45) is 0. The fourth-order valence-corrected chi connectivity index (χ4v) is 1.72. The molecule has 0 saturated heterocycles. The summed E-state index contributed by atoms with van der Waals surface area (Å²) in [5.41, 5.74) is 6.55. The predicted octanol–water partition coefficient (Wildman–Crippen LogP) is 1.53. The second-order valence-electron chi connectivity index (χ2n) is 3.46. The van der Waals surface area contributed by atoms with Crippen molar-refractivity contribution in [3.8, 4) is 5.75 Å². The van der Waals surface area contributed by atoms with E-state index in [1.807, 2.05) is 0 Å². The number of aromatic hydroxyl groups is 1. The molecule has 1 heterocycles. The van der Waals surface area contributed by atoms with E-state index < -0.39 is 5.97 Å². The zero-order chi connectivity index (χ0) is 11.9. The maximum absolute atomic E-state index is 11.0. The number of anilines is 1. The quantitative estimate of drug-likeness (QED) is 0.674. The zero-order valence-electron chi connectivity index (χ0n) is 8.56. The Bertz CT molecular complexity index is 593. The molecule has 0 fully saturated rings. The Hall–Kier alpha value is -2.30. The molecule has 1 aromatic carbocycles. The third kappa shape index (κ3) is 1.33. The normalized spacial score (nSPS) is 10.6. The smallest absolute Gasteiger partial charge is 0.339 e. The van der Waals surface area contributed by atoms with E-state index in [2.05, 4.69) is 4.98 Å². The van der Waals surface area contributed by atoms with E-state index in [1.54, 1.807) is 19.1 Å². The molecule has 2 rings (SSSR count). The molecular weight excluding hydrogens is 208 g/mol. The number of aromatic nitrogens is 1. The molecule has 0 atom stereocenters. The number of phenols is 1. The summed E-state index contributed by atoms with van der Waals surface area (Å²) in [6.45, 7) is 1.57. The minimum absolute atomic E-state index is 0.0492. The van der Waals surface area contributed by atoms with Crippen LogP contribution >= 0.6 is 0 Å². The Balaban J connectivity index is 2.96. The van der Waals surface area contributed by atoms with Gasteiger partial charge in [0.05, 0.1) is 22.3 Å². The summed E-state index contributed by atoms with van der Waals surface area (Å²) in [5, 5.41) is 18.9. The van der Waals surface area contributed by atoms with Crippen molar-refractivity contribution in [3.05, 3.63) is 29.5 Å². The van der Waals surface area contributed by atoms with E-state index in [4.69, 9.17) is 10.8 Å². The molecule has 0 bridgehead atoms. The molecule has 0 amide bonds. The van der Waals surface area contributed by atoms with Crippen molar-refractivity contribution in [2.75, 3.05) is 5.73 Å². The lowest BCUT2D eigenvalue weighted by Gasteiger charge is -2.09. The fraction of sp³-hybridized carbons (Fsp3) is 0.0909. The van der Waals surface area contributed by atoms with Gasteiger partial charge < -0.3 is 15.9 Å². The molecular formula is C11H10N2O3. The molecule has 2 aromatic rings. The highest BCUT2D eigenvalue weighted by molar-refractivity contribution is 6.06. The number of aryl methyl sites for hydroxylation is 1. The maximum Gasteiger partial charge on any atom is 0.339 e. The number of phenolic OH excluding ortho intramolecular Hbond substituents is 1. The van der Waals surface area contributed by atoms with Crippen molar-refractivity contribution in [1.82, 2.24) is 4.98 Å². The van der Waals surface area contributed by atoms with Gasteiger partial charge in [0.1, 0.15) is 11.3 Å². The first kappa shape index (κ1) is 10.2. The van der Waals surface area contributed by atoms with E-state index in [0.29, 0.717) is 11.2 Å². The Morgan fingerprint density at radius 1 is 1.44 bits per heavy atom. The number of nitrogens with zero attached hydrogens (tertiary/aromatic N) is 1. The predicted molar refractivity (Wildman–Crippen MR) is 59.5 cm³/mol. The van der Waals surface area contributed by atoms with Crippen LogP contribution in [0.4, 0.5) is 5.69 Å². The number of benzene rings is 1. The molecule has 0 saturated carbocycles. The Morgan fingerprint density at radius 2 is 2.12 bits per heavy atom. The number of carboxylic acids is 1. The standard InChI is InChI=1S/C11H10N2O3/c1-5-8(11(15)16)10(12)9-6(13-5)3-2-4-7(9)14/h2-4,14H,1H3,(H2,12,13)(H,15,16). The van der Waals surface area contributed by atoms with Crippen LogP contribution < -0.4 is 5.73 Å². The highest BCUT2D eigenvalue weighted by Crippen LogP contribution is 2.32. The van der Waals surface area contributed by atoms with Crippen molar-refractivity contribution in [2.24, 2.45) is 0 Å². The molecule has 5 heteroatoms. The van der Waals surface area contributed by atoms with E-state index in [-0.39, 0.29) is 22.4 Å². The third-order valence-corrected chi connectivity index (χ3v) is 2.42. The lowest BCUT2D eigenvalue weighted by Crippen LogP contribution is -2.07. The number of nitrogen functional groups attached to an aromatic ring is 1. The molecule has 0 aliphatic carbocycles.